The number of nitrogens with zero attached hydrogens (tertiary/aromatic N) is 2. The molecule has 1 aromatic carbocycles. The van der Waals surface area contributed by atoms with Crippen molar-refractivity contribution in [2.24, 2.45) is 0 Å². The highest BCUT2D eigenvalue weighted by atomic mass is 32.1. The van der Waals surface area contributed by atoms with Crippen LogP contribution in [0.4, 0.5) is 5.13 Å². The number of Topliss-reactive ketones (excluding diaryl/α,β-unsaturated/α-hetero) is 1. The molecule has 134 valence electrons. The van der Waals surface area contributed by atoms with Gasteiger partial charge in [0.2, 0.25) is 5.91 Å². The van der Waals surface area contributed by atoms with Gasteiger partial charge in [-0.25, -0.2) is 4.98 Å². The van der Waals surface area contributed by atoms with Crippen LogP contribution in [-0.2, 0) is 11.3 Å². The highest BCUT2D eigenvalue weighted by Gasteiger charge is 2.18. The van der Waals surface area contributed by atoms with E-state index in [1.54, 1.807) is 9.95 Å². The van der Waals surface area contributed by atoms with Crippen molar-refractivity contribution in [1.82, 2.24) is 9.55 Å². The topological polar surface area (TPSA) is 81.1 Å². The van der Waals surface area contributed by atoms with E-state index in [0.29, 0.717) is 22.2 Å². The molecule has 8 heteroatoms. The van der Waals surface area contributed by atoms with Crippen LogP contribution in [0.2, 0.25) is 0 Å². The van der Waals surface area contributed by atoms with Crippen LogP contribution < -0.4 is 10.2 Å². The van der Waals surface area contributed by atoms with Crippen molar-refractivity contribution in [1.29, 1.82) is 0 Å². The highest BCUT2D eigenvalue weighted by Crippen LogP contribution is 2.31. The average Bonchev–Trinajstić information content (AvgIpc) is 3.18. The maximum Gasteiger partial charge on any atom is 0.307 e. The van der Waals surface area contributed by atoms with Crippen LogP contribution in [0.5, 0.6) is 0 Å². The Morgan fingerprint density at radius 2 is 1.96 bits per heavy atom. The molecule has 26 heavy (non-hydrogen) atoms. The molecule has 6 nitrogen and oxygen atoms in total. The summed E-state index contributed by atoms with van der Waals surface area (Å²) in [6.07, 6.45) is 0.160. The molecule has 3 rings (SSSR count). The van der Waals surface area contributed by atoms with Crippen molar-refractivity contribution in [3.8, 4) is 11.3 Å². The number of anilines is 1. The first-order valence-corrected chi connectivity index (χ1v) is 9.67. The normalized spacial score (nSPS) is 10.7. The summed E-state index contributed by atoms with van der Waals surface area (Å²) in [4.78, 5) is 40.7. The van der Waals surface area contributed by atoms with E-state index in [-0.39, 0.29) is 23.0 Å². The molecule has 0 aliphatic heterocycles. The standard InChI is InChI=1S/C18H17N3O3S2/c1-11-10-25-18(24)21(11)9-8-14(23)19-17-20-15(16(26-17)12(2)22)13-6-4-3-5-7-13/h3-7,10H,8-9H2,1-2H3,(H,19,20,23). The predicted octanol–water partition coefficient (Wildman–Crippen LogP) is 3.57. The van der Waals surface area contributed by atoms with Crippen molar-refractivity contribution >= 4 is 39.5 Å². The Morgan fingerprint density at radius 3 is 2.58 bits per heavy atom. The molecule has 1 amide bonds. The third-order valence-electron chi connectivity index (χ3n) is 3.78. The van der Waals surface area contributed by atoms with Crippen molar-refractivity contribution in [2.45, 2.75) is 26.8 Å². The minimum Gasteiger partial charge on any atom is -0.303 e. The number of amides is 1. The number of ketones is 1. The number of thiazole rings is 2. The van der Waals surface area contributed by atoms with E-state index in [0.717, 1.165) is 33.9 Å². The van der Waals surface area contributed by atoms with Crippen LogP contribution in [0.1, 0.15) is 28.7 Å². The number of hydrogen-bond donors (Lipinski definition) is 1. The summed E-state index contributed by atoms with van der Waals surface area (Å²) < 4.78 is 1.57. The van der Waals surface area contributed by atoms with Crippen LogP contribution in [0.25, 0.3) is 11.3 Å². The lowest BCUT2D eigenvalue weighted by molar-refractivity contribution is -0.116. The van der Waals surface area contributed by atoms with Gasteiger partial charge in [-0.2, -0.15) is 0 Å². The lowest BCUT2D eigenvalue weighted by atomic mass is 10.1. The number of carbonyl (C=O) groups is 2. The second-order valence-corrected chi connectivity index (χ2v) is 7.53. The molecule has 1 N–H and O–H groups in total. The third kappa shape index (κ3) is 3.97. The van der Waals surface area contributed by atoms with Gasteiger partial charge < -0.3 is 9.88 Å². The Labute approximate surface area is 158 Å². The number of carbonyl (C=O) groups excluding carboxylic acids is 2. The van der Waals surface area contributed by atoms with Crippen LogP contribution >= 0.6 is 22.7 Å². The molecule has 0 fully saturated rings. The van der Waals surface area contributed by atoms with Gasteiger partial charge in [-0.05, 0) is 6.92 Å². The molecule has 0 aliphatic rings. The predicted molar refractivity (Wildman–Crippen MR) is 104 cm³/mol. The van der Waals surface area contributed by atoms with Gasteiger partial charge in [-0.15, -0.1) is 0 Å². The zero-order valence-electron chi connectivity index (χ0n) is 14.3. The molecule has 0 unspecified atom stereocenters. The lowest BCUT2D eigenvalue weighted by Crippen LogP contribution is -2.20. The first-order valence-electron chi connectivity index (χ1n) is 7.97. The van der Waals surface area contributed by atoms with Gasteiger partial charge in [-0.1, -0.05) is 53.0 Å². The van der Waals surface area contributed by atoms with Crippen LogP contribution in [0.15, 0.2) is 40.5 Å². The minimum absolute atomic E-state index is 0.0743. The molecule has 0 atom stereocenters. The van der Waals surface area contributed by atoms with Gasteiger partial charge in [0, 0.05) is 36.5 Å². The largest absolute Gasteiger partial charge is 0.307 e. The van der Waals surface area contributed by atoms with Crippen LogP contribution in [0.3, 0.4) is 0 Å². The molecule has 0 spiro atoms. The van der Waals surface area contributed by atoms with Gasteiger partial charge in [-0.3, -0.25) is 14.4 Å². The summed E-state index contributed by atoms with van der Waals surface area (Å²) in [5.41, 5.74) is 2.24. The lowest BCUT2D eigenvalue weighted by Gasteiger charge is -2.04. The van der Waals surface area contributed by atoms with Crippen molar-refractivity contribution in [2.75, 3.05) is 5.32 Å². The maximum atomic E-state index is 12.2. The summed E-state index contributed by atoms with van der Waals surface area (Å²) >= 11 is 2.28. The van der Waals surface area contributed by atoms with Crippen LogP contribution in [0, 0.1) is 6.92 Å². The van der Waals surface area contributed by atoms with Crippen LogP contribution in [-0.4, -0.2) is 21.2 Å². The van der Waals surface area contributed by atoms with Gasteiger partial charge in [0.1, 0.15) is 0 Å². The number of aryl methyl sites for hydroxylation is 1. The minimum atomic E-state index is -0.244. The van der Waals surface area contributed by atoms with Crippen molar-refractivity contribution < 1.29 is 9.59 Å². The number of nitrogens with one attached hydrogen (secondary N) is 1. The molecule has 0 saturated carbocycles. The number of aromatic nitrogens is 2. The fourth-order valence-electron chi connectivity index (χ4n) is 2.47. The number of benzene rings is 1. The molecule has 2 heterocycles. The summed E-state index contributed by atoms with van der Waals surface area (Å²) in [6.45, 7) is 3.63. The van der Waals surface area contributed by atoms with E-state index < -0.39 is 0 Å². The fraction of sp³-hybridized carbons (Fsp3) is 0.222. The van der Waals surface area contributed by atoms with E-state index in [4.69, 9.17) is 0 Å². The number of rotatable bonds is 6. The summed E-state index contributed by atoms with van der Waals surface area (Å²) in [6, 6.07) is 9.38. The summed E-state index contributed by atoms with van der Waals surface area (Å²) in [5.74, 6) is -0.340. The van der Waals surface area contributed by atoms with E-state index >= 15 is 0 Å². The molecule has 0 aliphatic carbocycles. The van der Waals surface area contributed by atoms with Crippen molar-refractivity contribution in [3.63, 3.8) is 0 Å². The monoisotopic (exact) mass is 387 g/mol. The zero-order chi connectivity index (χ0) is 18.7. The van der Waals surface area contributed by atoms with E-state index in [9.17, 15) is 14.4 Å². The van der Waals surface area contributed by atoms with Crippen molar-refractivity contribution in [3.05, 3.63) is 56.0 Å². The first-order chi connectivity index (χ1) is 12.5. The Kier molecular flexibility index (Phi) is 5.43. The Balaban J connectivity index is 1.74. The Bertz CT molecular complexity index is 1000. The second kappa shape index (κ2) is 7.76. The maximum absolute atomic E-state index is 12.2. The van der Waals surface area contributed by atoms with E-state index in [2.05, 4.69) is 10.3 Å². The molecular formula is C18H17N3O3S2. The molecule has 0 bridgehead atoms. The van der Waals surface area contributed by atoms with Gasteiger partial charge in [0.25, 0.3) is 0 Å². The molecule has 0 saturated heterocycles. The molecular weight excluding hydrogens is 370 g/mol. The highest BCUT2D eigenvalue weighted by molar-refractivity contribution is 7.18. The van der Waals surface area contributed by atoms with Gasteiger partial charge in [0.05, 0.1) is 10.6 Å². The Morgan fingerprint density at radius 1 is 1.23 bits per heavy atom. The van der Waals surface area contributed by atoms with Gasteiger partial charge >= 0.3 is 4.87 Å². The first kappa shape index (κ1) is 18.2. The van der Waals surface area contributed by atoms with E-state index in [1.165, 1.54) is 6.92 Å². The third-order valence-corrected chi connectivity index (χ3v) is 5.73. The zero-order valence-corrected chi connectivity index (χ0v) is 15.9. The summed E-state index contributed by atoms with van der Waals surface area (Å²) in [7, 11) is 0. The molecule has 3 aromatic rings. The number of hydrogen-bond acceptors (Lipinski definition) is 6. The quantitative estimate of drug-likeness (QED) is 0.656. The second-order valence-electron chi connectivity index (χ2n) is 5.71. The van der Waals surface area contributed by atoms with Gasteiger partial charge in [0.15, 0.2) is 10.9 Å². The molecule has 0 radical (unpaired) electrons. The molecule has 2 aromatic heterocycles. The van der Waals surface area contributed by atoms with E-state index in [1.807, 2.05) is 37.3 Å². The SMILES string of the molecule is CC(=O)c1sc(NC(=O)CCn2c(C)csc2=O)nc1-c1ccccc1. The smallest absolute Gasteiger partial charge is 0.303 e. The Hall–Kier alpha value is -2.58. The average molecular weight is 387 g/mol. The fourth-order valence-corrected chi connectivity index (χ4v) is 4.13. The summed E-state index contributed by atoms with van der Waals surface area (Å²) in [5, 5.41) is 4.89.